The van der Waals surface area contributed by atoms with E-state index in [2.05, 4.69) is 9.71 Å². The minimum absolute atomic E-state index is 0.0109. The van der Waals surface area contributed by atoms with E-state index in [1.807, 2.05) is 0 Å². The number of nitrogen functional groups attached to an aromatic ring is 1. The van der Waals surface area contributed by atoms with Gasteiger partial charge in [0.15, 0.2) is 0 Å². The Kier molecular flexibility index (Phi) is 3.91. The number of rotatable bonds is 4. The van der Waals surface area contributed by atoms with Crippen molar-refractivity contribution in [2.24, 2.45) is 0 Å². The molecule has 0 atom stereocenters. The highest BCUT2D eigenvalue weighted by Gasteiger charge is 2.19. The van der Waals surface area contributed by atoms with Crippen LogP contribution in [-0.2, 0) is 10.0 Å². The summed E-state index contributed by atoms with van der Waals surface area (Å²) in [4.78, 5) is 4.08. The molecular weight excluding hydrogens is 278 g/mol. The average molecular weight is 293 g/mol. The lowest BCUT2D eigenvalue weighted by molar-refractivity contribution is 0.461. The fourth-order valence-electron chi connectivity index (χ4n) is 1.62. The quantitative estimate of drug-likeness (QED) is 0.836. The lowest BCUT2D eigenvalue weighted by atomic mass is 10.3. The average Bonchev–Trinajstić information content (AvgIpc) is 2.43. The molecule has 6 nitrogen and oxygen atoms in total. The summed E-state index contributed by atoms with van der Waals surface area (Å²) in [6.45, 7) is 1.78. The maximum Gasteiger partial charge on any atom is 0.244 e. The van der Waals surface area contributed by atoms with Crippen LogP contribution < -0.4 is 15.2 Å². The minimum atomic E-state index is -3.66. The molecule has 0 unspecified atom stereocenters. The van der Waals surface area contributed by atoms with Crippen LogP contribution in [0.25, 0.3) is 0 Å². The lowest BCUT2D eigenvalue weighted by Gasteiger charge is -2.12. The Balaban J connectivity index is 2.50. The highest BCUT2D eigenvalue weighted by atomic mass is 32.2. The molecule has 0 aliphatic rings. The van der Waals surface area contributed by atoms with Crippen molar-refractivity contribution in [1.82, 2.24) is 9.71 Å². The molecule has 2 aromatic rings. The Hall–Kier alpha value is -2.12. The molecule has 3 N–H and O–H groups in total. The molecule has 0 saturated heterocycles. The maximum absolute atomic E-state index is 12.0. The van der Waals surface area contributed by atoms with Crippen molar-refractivity contribution in [3.8, 4) is 11.5 Å². The molecule has 20 heavy (non-hydrogen) atoms. The van der Waals surface area contributed by atoms with Crippen LogP contribution in [-0.4, -0.2) is 20.4 Å². The summed E-state index contributed by atoms with van der Waals surface area (Å²) in [6.07, 6.45) is 1.64. The SMILES string of the molecule is CNS(=O)(=O)c1cc(N)ccc1Oc1cccnc1C. The molecule has 7 heteroatoms. The molecule has 0 fully saturated rings. The Morgan fingerprint density at radius 3 is 2.65 bits per heavy atom. The molecule has 1 aromatic carbocycles. The number of aromatic nitrogens is 1. The number of sulfonamides is 1. The molecule has 0 saturated carbocycles. The van der Waals surface area contributed by atoms with E-state index in [0.29, 0.717) is 17.1 Å². The fourth-order valence-corrected chi connectivity index (χ4v) is 2.51. The number of nitrogens with one attached hydrogen (secondary N) is 1. The van der Waals surface area contributed by atoms with Crippen molar-refractivity contribution in [3.05, 3.63) is 42.2 Å². The summed E-state index contributed by atoms with van der Waals surface area (Å²) < 4.78 is 31.9. The second-order valence-corrected chi connectivity index (χ2v) is 5.96. The smallest absolute Gasteiger partial charge is 0.244 e. The second kappa shape index (κ2) is 5.48. The summed E-state index contributed by atoms with van der Waals surface area (Å²) in [5.41, 5.74) is 6.65. The summed E-state index contributed by atoms with van der Waals surface area (Å²) in [7, 11) is -2.33. The first kappa shape index (κ1) is 14.3. The first-order chi connectivity index (χ1) is 9.44. The van der Waals surface area contributed by atoms with Gasteiger partial charge in [-0.2, -0.15) is 0 Å². The van der Waals surface area contributed by atoms with Crippen LogP contribution in [0.5, 0.6) is 11.5 Å². The van der Waals surface area contributed by atoms with Gasteiger partial charge in [-0.05, 0) is 44.3 Å². The predicted molar refractivity (Wildman–Crippen MR) is 76.1 cm³/mol. The van der Waals surface area contributed by atoms with E-state index in [-0.39, 0.29) is 10.6 Å². The normalized spacial score (nSPS) is 11.3. The topological polar surface area (TPSA) is 94.3 Å². The Morgan fingerprint density at radius 1 is 1.25 bits per heavy atom. The minimum Gasteiger partial charge on any atom is -0.454 e. The van der Waals surface area contributed by atoms with E-state index in [0.717, 1.165) is 0 Å². The van der Waals surface area contributed by atoms with Crippen LogP contribution in [0.3, 0.4) is 0 Å². The van der Waals surface area contributed by atoms with Gasteiger partial charge in [-0.1, -0.05) is 0 Å². The number of nitrogens with zero attached hydrogens (tertiary/aromatic N) is 1. The van der Waals surface area contributed by atoms with Crippen LogP contribution in [0.15, 0.2) is 41.4 Å². The van der Waals surface area contributed by atoms with E-state index < -0.39 is 10.0 Å². The van der Waals surface area contributed by atoms with Gasteiger partial charge in [-0.15, -0.1) is 0 Å². The van der Waals surface area contributed by atoms with Crippen LogP contribution >= 0.6 is 0 Å². The third-order valence-corrected chi connectivity index (χ3v) is 4.14. The molecule has 1 aromatic heterocycles. The molecule has 106 valence electrons. The van der Waals surface area contributed by atoms with Crippen molar-refractivity contribution in [2.45, 2.75) is 11.8 Å². The van der Waals surface area contributed by atoms with Crippen molar-refractivity contribution < 1.29 is 13.2 Å². The number of anilines is 1. The zero-order valence-corrected chi connectivity index (χ0v) is 11.9. The highest BCUT2D eigenvalue weighted by Crippen LogP contribution is 2.31. The number of hydrogen-bond donors (Lipinski definition) is 2. The summed E-state index contributed by atoms with van der Waals surface area (Å²) >= 11 is 0. The number of benzene rings is 1. The van der Waals surface area contributed by atoms with Gasteiger partial charge >= 0.3 is 0 Å². The zero-order valence-electron chi connectivity index (χ0n) is 11.1. The number of hydrogen-bond acceptors (Lipinski definition) is 5. The number of nitrogens with two attached hydrogens (primary N) is 1. The van der Waals surface area contributed by atoms with Gasteiger partial charge in [-0.3, -0.25) is 4.98 Å². The first-order valence-corrected chi connectivity index (χ1v) is 7.35. The molecule has 0 amide bonds. The highest BCUT2D eigenvalue weighted by molar-refractivity contribution is 7.89. The monoisotopic (exact) mass is 293 g/mol. The Bertz CT molecular complexity index is 729. The molecule has 2 rings (SSSR count). The molecule has 0 bridgehead atoms. The van der Waals surface area contributed by atoms with Gasteiger partial charge in [0.2, 0.25) is 10.0 Å². The van der Waals surface area contributed by atoms with Gasteiger partial charge in [0.1, 0.15) is 16.4 Å². The first-order valence-electron chi connectivity index (χ1n) is 5.86. The molecular formula is C13H15N3O3S. The Labute approximate surface area is 117 Å². The van der Waals surface area contributed by atoms with Crippen LogP contribution in [0.2, 0.25) is 0 Å². The molecule has 0 radical (unpaired) electrons. The molecule has 0 spiro atoms. The predicted octanol–water partition coefficient (Wildman–Crippen LogP) is 1.67. The van der Waals surface area contributed by atoms with Gasteiger partial charge in [0.25, 0.3) is 0 Å². The summed E-state index contributed by atoms with van der Waals surface area (Å²) in [5.74, 6) is 0.689. The Morgan fingerprint density at radius 2 is 2.00 bits per heavy atom. The maximum atomic E-state index is 12.0. The van der Waals surface area contributed by atoms with E-state index in [1.54, 1.807) is 31.3 Å². The van der Waals surface area contributed by atoms with Gasteiger partial charge < -0.3 is 10.5 Å². The summed E-state index contributed by atoms with van der Waals surface area (Å²) in [5, 5.41) is 0. The van der Waals surface area contributed by atoms with Crippen molar-refractivity contribution in [1.29, 1.82) is 0 Å². The van der Waals surface area contributed by atoms with E-state index >= 15 is 0 Å². The lowest BCUT2D eigenvalue weighted by Crippen LogP contribution is -2.19. The van der Waals surface area contributed by atoms with E-state index in [9.17, 15) is 8.42 Å². The number of pyridine rings is 1. The molecule has 0 aliphatic heterocycles. The summed E-state index contributed by atoms with van der Waals surface area (Å²) in [6, 6.07) is 7.88. The largest absolute Gasteiger partial charge is 0.454 e. The van der Waals surface area contributed by atoms with Crippen molar-refractivity contribution >= 4 is 15.7 Å². The van der Waals surface area contributed by atoms with E-state index in [1.165, 1.54) is 19.2 Å². The van der Waals surface area contributed by atoms with Gasteiger partial charge in [0, 0.05) is 11.9 Å². The zero-order chi connectivity index (χ0) is 14.8. The standard InChI is InChI=1S/C13H15N3O3S/c1-9-11(4-3-7-16-9)19-12-6-5-10(14)8-13(12)20(17,18)15-2/h3-8,15H,14H2,1-2H3. The second-order valence-electron chi connectivity index (χ2n) is 4.10. The van der Waals surface area contributed by atoms with Crippen LogP contribution in [0.1, 0.15) is 5.69 Å². The van der Waals surface area contributed by atoms with Crippen LogP contribution in [0.4, 0.5) is 5.69 Å². The van der Waals surface area contributed by atoms with Crippen molar-refractivity contribution in [2.75, 3.05) is 12.8 Å². The molecule has 0 aliphatic carbocycles. The fraction of sp³-hybridized carbons (Fsp3) is 0.154. The van der Waals surface area contributed by atoms with Crippen molar-refractivity contribution in [3.63, 3.8) is 0 Å². The number of ether oxygens (including phenoxy) is 1. The van der Waals surface area contributed by atoms with Crippen LogP contribution in [0, 0.1) is 6.92 Å². The van der Waals surface area contributed by atoms with Gasteiger partial charge in [0.05, 0.1) is 5.69 Å². The molecule has 1 heterocycles. The van der Waals surface area contributed by atoms with Gasteiger partial charge in [-0.25, -0.2) is 13.1 Å². The van der Waals surface area contributed by atoms with E-state index in [4.69, 9.17) is 10.5 Å². The third kappa shape index (κ3) is 2.89. The number of aryl methyl sites for hydroxylation is 1. The third-order valence-electron chi connectivity index (χ3n) is 2.70.